The van der Waals surface area contributed by atoms with Crippen LogP contribution in [0.3, 0.4) is 0 Å². The highest BCUT2D eigenvalue weighted by Crippen LogP contribution is 2.03. The molecule has 2 heterocycles. The molecule has 0 spiro atoms. The Morgan fingerprint density at radius 1 is 1.54 bits per heavy atom. The number of primary amides is 1. The molecule has 0 unspecified atom stereocenters. The molecule has 2 aromatic rings. The minimum Gasteiger partial charge on any atom is -0.366 e. The van der Waals surface area contributed by atoms with Gasteiger partial charge in [0, 0.05) is 6.20 Å². The van der Waals surface area contributed by atoms with Crippen LogP contribution in [-0.4, -0.2) is 20.5 Å². The minimum atomic E-state index is -0.463. The van der Waals surface area contributed by atoms with Crippen LogP contribution in [0.25, 0.3) is 5.65 Å². The van der Waals surface area contributed by atoms with E-state index in [1.165, 1.54) is 4.52 Å². The van der Waals surface area contributed by atoms with Crippen molar-refractivity contribution >= 4 is 11.6 Å². The second kappa shape index (κ2) is 2.55. The maximum absolute atomic E-state index is 10.8. The van der Waals surface area contributed by atoms with Crippen molar-refractivity contribution in [3.63, 3.8) is 0 Å². The lowest BCUT2D eigenvalue weighted by Gasteiger charge is -1.94. The number of amides is 1. The summed E-state index contributed by atoms with van der Waals surface area (Å²) < 4.78 is 1.54. The normalized spacial score (nSPS) is 10.5. The number of carbonyl (C=O) groups is 1. The zero-order valence-corrected chi connectivity index (χ0v) is 7.06. The van der Waals surface area contributed by atoms with Crippen LogP contribution in [0.2, 0.25) is 0 Å². The molecule has 0 saturated carbocycles. The van der Waals surface area contributed by atoms with Crippen LogP contribution in [0.5, 0.6) is 0 Å². The number of fused-ring (bicyclic) bond motifs is 1. The zero-order chi connectivity index (χ0) is 9.42. The Morgan fingerprint density at radius 2 is 2.31 bits per heavy atom. The van der Waals surface area contributed by atoms with Crippen molar-refractivity contribution in [3.8, 4) is 0 Å². The fourth-order valence-electron chi connectivity index (χ4n) is 1.14. The van der Waals surface area contributed by atoms with Crippen molar-refractivity contribution in [2.75, 3.05) is 0 Å². The molecule has 0 bridgehead atoms. The molecule has 2 aromatic heterocycles. The zero-order valence-electron chi connectivity index (χ0n) is 7.06. The van der Waals surface area contributed by atoms with E-state index >= 15 is 0 Å². The van der Waals surface area contributed by atoms with Gasteiger partial charge in [0.25, 0.3) is 0 Å². The van der Waals surface area contributed by atoms with Crippen molar-refractivity contribution in [2.24, 2.45) is 5.73 Å². The summed E-state index contributed by atoms with van der Waals surface area (Å²) in [5.74, 6) is 0.205. The van der Waals surface area contributed by atoms with Crippen molar-refractivity contribution < 1.29 is 4.79 Å². The quantitative estimate of drug-likeness (QED) is 0.671. The number of nitrogens with two attached hydrogens (primary N) is 1. The summed E-state index contributed by atoms with van der Waals surface area (Å²) >= 11 is 0. The molecule has 2 N–H and O–H groups in total. The Bertz CT molecular complexity index is 474. The highest BCUT2D eigenvalue weighted by atomic mass is 16.1. The van der Waals surface area contributed by atoms with Gasteiger partial charge in [0.15, 0.2) is 5.65 Å². The van der Waals surface area contributed by atoms with Crippen LogP contribution in [0.15, 0.2) is 18.3 Å². The van der Waals surface area contributed by atoms with Crippen LogP contribution in [-0.2, 0) is 0 Å². The summed E-state index contributed by atoms with van der Waals surface area (Å²) in [5.41, 5.74) is 6.25. The number of rotatable bonds is 1. The lowest BCUT2D eigenvalue weighted by Crippen LogP contribution is -2.11. The highest BCUT2D eigenvalue weighted by Gasteiger charge is 2.03. The molecule has 13 heavy (non-hydrogen) atoms. The average molecular weight is 176 g/mol. The predicted octanol–water partition coefficient (Wildman–Crippen LogP) is 0.137. The van der Waals surface area contributed by atoms with Crippen molar-refractivity contribution in [1.82, 2.24) is 14.6 Å². The van der Waals surface area contributed by atoms with E-state index in [-0.39, 0.29) is 0 Å². The molecule has 5 heteroatoms. The Balaban J connectivity index is 2.67. The van der Waals surface area contributed by atoms with Crippen LogP contribution in [0.4, 0.5) is 0 Å². The number of nitrogens with zero attached hydrogens (tertiary/aromatic N) is 3. The van der Waals surface area contributed by atoms with E-state index in [1.54, 1.807) is 25.3 Å². The third kappa shape index (κ3) is 1.24. The largest absolute Gasteiger partial charge is 0.366 e. The average Bonchev–Trinajstić information content (AvgIpc) is 2.42. The molecule has 0 saturated heterocycles. The van der Waals surface area contributed by atoms with E-state index < -0.39 is 5.91 Å². The summed E-state index contributed by atoms with van der Waals surface area (Å²) in [6.45, 7) is 1.79. The maximum Gasteiger partial charge on any atom is 0.250 e. The van der Waals surface area contributed by atoms with Gasteiger partial charge in [-0.3, -0.25) is 4.79 Å². The van der Waals surface area contributed by atoms with Gasteiger partial charge in [-0.1, -0.05) is 0 Å². The van der Waals surface area contributed by atoms with E-state index in [2.05, 4.69) is 10.1 Å². The lowest BCUT2D eigenvalue weighted by molar-refractivity contribution is 0.1000. The first-order valence-corrected chi connectivity index (χ1v) is 3.79. The first kappa shape index (κ1) is 7.72. The van der Waals surface area contributed by atoms with Gasteiger partial charge in [-0.05, 0) is 19.1 Å². The van der Waals surface area contributed by atoms with Gasteiger partial charge in [0.05, 0.1) is 5.56 Å². The fraction of sp³-hybridized carbons (Fsp3) is 0.125. The number of pyridine rings is 1. The second-order valence-corrected chi connectivity index (χ2v) is 2.74. The number of carbonyl (C=O) groups excluding carboxylic acids is 1. The first-order chi connectivity index (χ1) is 6.16. The van der Waals surface area contributed by atoms with E-state index in [4.69, 9.17) is 5.73 Å². The number of aromatic nitrogens is 3. The molecule has 0 aliphatic rings. The topological polar surface area (TPSA) is 73.3 Å². The third-order valence-electron chi connectivity index (χ3n) is 1.72. The fourth-order valence-corrected chi connectivity index (χ4v) is 1.14. The summed E-state index contributed by atoms with van der Waals surface area (Å²) in [7, 11) is 0. The van der Waals surface area contributed by atoms with Crippen LogP contribution in [0.1, 0.15) is 16.2 Å². The monoisotopic (exact) mass is 176 g/mol. The number of aryl methyl sites for hydroxylation is 1. The Kier molecular flexibility index (Phi) is 1.51. The maximum atomic E-state index is 10.8. The Hall–Kier alpha value is -1.91. The molecule has 2 rings (SSSR count). The van der Waals surface area contributed by atoms with Gasteiger partial charge < -0.3 is 5.73 Å². The highest BCUT2D eigenvalue weighted by molar-refractivity contribution is 5.92. The molecule has 0 fully saturated rings. The van der Waals surface area contributed by atoms with E-state index in [0.29, 0.717) is 17.0 Å². The summed E-state index contributed by atoms with van der Waals surface area (Å²) in [5, 5.41) is 4.05. The molecule has 66 valence electrons. The summed E-state index contributed by atoms with van der Waals surface area (Å²) in [6.07, 6.45) is 1.57. The molecule has 0 radical (unpaired) electrons. The Morgan fingerprint density at radius 3 is 3.00 bits per heavy atom. The molecule has 1 amide bonds. The van der Waals surface area contributed by atoms with Gasteiger partial charge in [-0.15, -0.1) is 0 Å². The number of hydrogen-bond donors (Lipinski definition) is 1. The SMILES string of the molecule is Cc1nc2ccc(C(N)=O)cn2n1. The first-order valence-electron chi connectivity index (χ1n) is 3.79. The molecule has 0 aromatic carbocycles. The summed E-state index contributed by atoms with van der Waals surface area (Å²) in [6, 6.07) is 3.34. The van der Waals surface area contributed by atoms with Crippen molar-refractivity contribution in [3.05, 3.63) is 29.7 Å². The van der Waals surface area contributed by atoms with E-state index in [9.17, 15) is 4.79 Å². The van der Waals surface area contributed by atoms with Gasteiger partial charge >= 0.3 is 0 Å². The molecule has 0 aliphatic carbocycles. The molecular formula is C8H8N4O. The van der Waals surface area contributed by atoms with E-state index in [1.807, 2.05) is 0 Å². The van der Waals surface area contributed by atoms with E-state index in [0.717, 1.165) is 0 Å². The van der Waals surface area contributed by atoms with Crippen molar-refractivity contribution in [2.45, 2.75) is 6.92 Å². The van der Waals surface area contributed by atoms with Gasteiger partial charge in [0.2, 0.25) is 5.91 Å². The van der Waals surface area contributed by atoms with Gasteiger partial charge in [0.1, 0.15) is 5.82 Å². The van der Waals surface area contributed by atoms with Crippen molar-refractivity contribution in [1.29, 1.82) is 0 Å². The molecular weight excluding hydrogens is 168 g/mol. The van der Waals surface area contributed by atoms with Crippen LogP contribution in [0, 0.1) is 6.92 Å². The van der Waals surface area contributed by atoms with Crippen LogP contribution >= 0.6 is 0 Å². The summed E-state index contributed by atoms with van der Waals surface area (Å²) in [4.78, 5) is 14.9. The molecule has 5 nitrogen and oxygen atoms in total. The molecule has 0 aliphatic heterocycles. The predicted molar refractivity (Wildman–Crippen MR) is 46.2 cm³/mol. The third-order valence-corrected chi connectivity index (χ3v) is 1.72. The Labute approximate surface area is 74.2 Å². The second-order valence-electron chi connectivity index (χ2n) is 2.74. The molecule has 0 atom stereocenters. The smallest absolute Gasteiger partial charge is 0.250 e. The minimum absolute atomic E-state index is 0.428. The van der Waals surface area contributed by atoms with Gasteiger partial charge in [-0.25, -0.2) is 9.50 Å². The van der Waals surface area contributed by atoms with Crippen LogP contribution < -0.4 is 5.73 Å². The number of hydrogen-bond acceptors (Lipinski definition) is 3. The van der Waals surface area contributed by atoms with Gasteiger partial charge in [-0.2, -0.15) is 5.10 Å². The lowest BCUT2D eigenvalue weighted by atomic mass is 10.3. The standard InChI is InChI=1S/C8H8N4O/c1-5-10-7-3-2-6(8(9)13)4-12(7)11-5/h2-4H,1H3,(H2,9,13).